The number of hydrogen-bond acceptors (Lipinski definition) is 4. The number of Topliss-reactive ketones (excluding diaryl/α,β-unsaturated/α-hetero) is 1. The molecule has 0 aromatic heterocycles. The first-order valence-electron chi connectivity index (χ1n) is 7.11. The molecule has 0 spiro atoms. The van der Waals surface area contributed by atoms with Gasteiger partial charge in [-0.05, 0) is 11.8 Å². The molecule has 112 valence electrons. The third kappa shape index (κ3) is 3.58. The van der Waals surface area contributed by atoms with Crippen LogP contribution in [0.5, 0.6) is 0 Å². The number of nitrogens with zero attached hydrogens (tertiary/aromatic N) is 1. The Morgan fingerprint density at radius 1 is 1.24 bits per heavy atom. The second-order valence-electron chi connectivity index (χ2n) is 6.08. The lowest BCUT2D eigenvalue weighted by molar-refractivity contribution is -0.117. The molecule has 1 aromatic carbocycles. The topological polar surface area (TPSA) is 69.9 Å². The Hall–Kier alpha value is -1.94. The Morgan fingerprint density at radius 2 is 1.90 bits per heavy atom. The van der Waals surface area contributed by atoms with Crippen LogP contribution in [0.3, 0.4) is 0 Å². The number of carbonyl (C=O) groups excluding carboxylic acids is 1. The molecule has 21 heavy (non-hydrogen) atoms. The highest BCUT2D eigenvalue weighted by Crippen LogP contribution is 2.36. The molecular weight excluding hydrogens is 266 g/mol. The van der Waals surface area contributed by atoms with Crippen LogP contribution in [0.25, 0.3) is 5.76 Å². The van der Waals surface area contributed by atoms with E-state index in [1.54, 1.807) is 12.1 Å². The fourth-order valence-corrected chi connectivity index (χ4v) is 2.62. The second kappa shape index (κ2) is 6.22. The van der Waals surface area contributed by atoms with Gasteiger partial charge in [-0.15, -0.1) is 0 Å². The highest BCUT2D eigenvalue weighted by Gasteiger charge is 2.36. The number of rotatable bonds is 3. The first-order valence-corrected chi connectivity index (χ1v) is 7.11. The lowest BCUT2D eigenvalue weighted by Gasteiger charge is -2.31. The van der Waals surface area contributed by atoms with Gasteiger partial charge >= 0.3 is 0 Å². The maximum atomic E-state index is 12.4. The molecule has 0 bridgehead atoms. The van der Waals surface area contributed by atoms with Gasteiger partial charge in [0.05, 0.1) is 18.7 Å². The van der Waals surface area contributed by atoms with E-state index in [2.05, 4.69) is 4.99 Å². The monoisotopic (exact) mass is 287 g/mol. The molecule has 0 aliphatic heterocycles. The van der Waals surface area contributed by atoms with Gasteiger partial charge in [-0.25, -0.2) is 0 Å². The Labute approximate surface area is 124 Å². The van der Waals surface area contributed by atoms with Crippen LogP contribution in [0, 0.1) is 5.41 Å². The highest BCUT2D eigenvalue weighted by molar-refractivity contribution is 6.28. The second-order valence-corrected chi connectivity index (χ2v) is 6.08. The lowest BCUT2D eigenvalue weighted by atomic mass is 9.73. The third-order valence-electron chi connectivity index (χ3n) is 3.54. The molecule has 1 aliphatic rings. The van der Waals surface area contributed by atoms with Crippen LogP contribution in [0.15, 0.2) is 40.9 Å². The minimum absolute atomic E-state index is 0.0206. The van der Waals surface area contributed by atoms with Crippen molar-refractivity contribution in [2.24, 2.45) is 10.4 Å². The van der Waals surface area contributed by atoms with Gasteiger partial charge < -0.3 is 10.2 Å². The van der Waals surface area contributed by atoms with Gasteiger partial charge in [-0.2, -0.15) is 0 Å². The summed E-state index contributed by atoms with van der Waals surface area (Å²) in [5, 5.41) is 19.4. The molecule has 1 fully saturated rings. The van der Waals surface area contributed by atoms with Crippen LogP contribution in [0.1, 0.15) is 32.3 Å². The van der Waals surface area contributed by atoms with Gasteiger partial charge in [0.15, 0.2) is 5.78 Å². The van der Waals surface area contributed by atoms with Crippen LogP contribution in [-0.4, -0.2) is 34.9 Å². The van der Waals surface area contributed by atoms with E-state index in [1.165, 1.54) is 0 Å². The largest absolute Gasteiger partial charge is 0.506 e. The van der Waals surface area contributed by atoms with Gasteiger partial charge in [0, 0.05) is 17.7 Å². The molecule has 1 aliphatic carbocycles. The summed E-state index contributed by atoms with van der Waals surface area (Å²) in [6.07, 6.45) is 1.00. The van der Waals surface area contributed by atoms with Crippen LogP contribution in [0.4, 0.5) is 0 Å². The summed E-state index contributed by atoms with van der Waals surface area (Å²) in [6, 6.07) is 9.01. The van der Waals surface area contributed by atoms with Crippen molar-refractivity contribution in [1.82, 2.24) is 0 Å². The Kier molecular flexibility index (Phi) is 4.58. The summed E-state index contributed by atoms with van der Waals surface area (Å²) in [4.78, 5) is 16.7. The number of aliphatic hydroxyl groups is 2. The predicted octanol–water partition coefficient (Wildman–Crippen LogP) is 2.78. The normalized spacial score (nSPS) is 22.4. The Morgan fingerprint density at radius 3 is 2.52 bits per heavy atom. The van der Waals surface area contributed by atoms with E-state index >= 15 is 0 Å². The smallest absolute Gasteiger partial charge is 0.168 e. The quantitative estimate of drug-likeness (QED) is 0.663. The molecule has 4 nitrogen and oxygen atoms in total. The van der Waals surface area contributed by atoms with E-state index in [4.69, 9.17) is 5.11 Å². The van der Waals surface area contributed by atoms with E-state index in [0.29, 0.717) is 29.7 Å². The van der Waals surface area contributed by atoms with Gasteiger partial charge in [0.25, 0.3) is 0 Å². The molecule has 2 rings (SSSR count). The van der Waals surface area contributed by atoms with Gasteiger partial charge in [-0.1, -0.05) is 44.2 Å². The maximum Gasteiger partial charge on any atom is 0.168 e. The summed E-state index contributed by atoms with van der Waals surface area (Å²) < 4.78 is 0. The lowest BCUT2D eigenvalue weighted by Crippen LogP contribution is -2.32. The molecule has 0 heterocycles. The van der Waals surface area contributed by atoms with E-state index in [9.17, 15) is 9.90 Å². The number of aliphatic imine (C=N–C) groups is 1. The average molecular weight is 287 g/mol. The summed E-state index contributed by atoms with van der Waals surface area (Å²) >= 11 is 0. The zero-order chi connectivity index (χ0) is 15.5. The number of benzene rings is 1. The van der Waals surface area contributed by atoms with Crippen LogP contribution < -0.4 is 0 Å². The van der Waals surface area contributed by atoms with Gasteiger partial charge in [-0.3, -0.25) is 9.79 Å². The van der Waals surface area contributed by atoms with Crippen molar-refractivity contribution in [3.63, 3.8) is 0 Å². The van der Waals surface area contributed by atoms with Crippen molar-refractivity contribution in [2.45, 2.75) is 26.7 Å². The molecule has 4 heteroatoms. The van der Waals surface area contributed by atoms with Crippen molar-refractivity contribution < 1.29 is 15.0 Å². The average Bonchev–Trinajstić information content (AvgIpc) is 2.44. The van der Waals surface area contributed by atoms with Crippen molar-refractivity contribution in [3.05, 3.63) is 41.5 Å². The maximum absolute atomic E-state index is 12.4. The SMILES string of the molecule is CC1(C)CC(=O)C(=C(O)c2ccccc2)C(=NCCO)C1. The molecule has 0 saturated heterocycles. The summed E-state index contributed by atoms with van der Waals surface area (Å²) in [7, 11) is 0. The van der Waals surface area contributed by atoms with Crippen molar-refractivity contribution in [1.29, 1.82) is 0 Å². The fraction of sp³-hybridized carbons (Fsp3) is 0.412. The number of carbonyl (C=O) groups is 1. The predicted molar refractivity (Wildman–Crippen MR) is 83.4 cm³/mol. The molecule has 0 radical (unpaired) electrons. The van der Waals surface area contributed by atoms with Crippen LogP contribution in [0.2, 0.25) is 0 Å². The Bertz CT molecular complexity index is 585. The van der Waals surface area contributed by atoms with Gasteiger partial charge in [0.2, 0.25) is 0 Å². The van der Waals surface area contributed by atoms with Crippen molar-refractivity contribution in [2.75, 3.05) is 13.2 Å². The summed E-state index contributed by atoms with van der Waals surface area (Å²) in [6.45, 7) is 4.19. The van der Waals surface area contributed by atoms with Crippen LogP contribution >= 0.6 is 0 Å². The molecule has 1 aromatic rings. The zero-order valence-corrected chi connectivity index (χ0v) is 12.5. The van der Waals surface area contributed by atoms with E-state index in [1.807, 2.05) is 32.0 Å². The first kappa shape index (κ1) is 15.4. The molecule has 0 unspecified atom stereocenters. The van der Waals surface area contributed by atoms with Crippen molar-refractivity contribution in [3.8, 4) is 0 Å². The molecule has 0 atom stereocenters. The first-order chi connectivity index (χ1) is 9.94. The molecule has 2 N–H and O–H groups in total. The van der Waals surface area contributed by atoms with Crippen LogP contribution in [-0.2, 0) is 4.79 Å². The molecule has 1 saturated carbocycles. The summed E-state index contributed by atoms with van der Waals surface area (Å²) in [5.74, 6) is -0.114. The van der Waals surface area contributed by atoms with E-state index < -0.39 is 0 Å². The number of allylic oxidation sites excluding steroid dienone is 1. The zero-order valence-electron chi connectivity index (χ0n) is 12.5. The van der Waals surface area contributed by atoms with E-state index in [-0.39, 0.29) is 30.1 Å². The Balaban J connectivity index is 2.50. The van der Waals surface area contributed by atoms with Crippen molar-refractivity contribution >= 4 is 17.3 Å². The minimum Gasteiger partial charge on any atom is -0.506 e. The summed E-state index contributed by atoms with van der Waals surface area (Å²) in [5.41, 5.74) is 1.32. The van der Waals surface area contributed by atoms with Gasteiger partial charge in [0.1, 0.15) is 5.76 Å². The fourth-order valence-electron chi connectivity index (χ4n) is 2.62. The molecular formula is C17H21NO3. The number of aliphatic hydroxyl groups excluding tert-OH is 2. The van der Waals surface area contributed by atoms with E-state index in [0.717, 1.165) is 0 Å². The number of ketones is 1. The minimum atomic E-state index is -0.175. The number of hydrogen-bond donors (Lipinski definition) is 2. The third-order valence-corrected chi connectivity index (χ3v) is 3.54. The molecule has 0 amide bonds. The highest BCUT2D eigenvalue weighted by atomic mass is 16.3. The standard InChI is InChI=1S/C17H21NO3/c1-17(2)10-13(18-8-9-19)15(14(20)11-17)16(21)12-6-4-3-5-7-12/h3-7,19,21H,8-11H2,1-2H3.